The molecule has 1 aromatic heterocycles. The van der Waals surface area contributed by atoms with Gasteiger partial charge in [0.1, 0.15) is 0 Å². The summed E-state index contributed by atoms with van der Waals surface area (Å²) in [5.41, 5.74) is 10.1. The highest BCUT2D eigenvalue weighted by Gasteiger charge is 2.07. The number of aldehydes is 1. The van der Waals surface area contributed by atoms with Crippen molar-refractivity contribution in [1.82, 2.24) is 4.98 Å². The molecule has 3 nitrogen and oxygen atoms in total. The third kappa shape index (κ3) is 2.18. The predicted molar refractivity (Wildman–Crippen MR) is 68.9 cm³/mol. The Morgan fingerprint density at radius 2 is 1.94 bits per heavy atom. The number of pyridine rings is 1. The zero-order valence-electron chi connectivity index (χ0n) is 9.68. The van der Waals surface area contributed by atoms with E-state index < -0.39 is 0 Å². The summed E-state index contributed by atoms with van der Waals surface area (Å²) in [4.78, 5) is 15.0. The van der Waals surface area contributed by atoms with Gasteiger partial charge in [-0.3, -0.25) is 9.78 Å². The van der Waals surface area contributed by atoms with Gasteiger partial charge in [0.05, 0.1) is 0 Å². The second-order valence-corrected chi connectivity index (χ2v) is 3.85. The number of anilines is 1. The van der Waals surface area contributed by atoms with Crippen LogP contribution in [-0.4, -0.2) is 11.3 Å². The maximum absolute atomic E-state index is 11.0. The number of nitrogen functional groups attached to an aromatic ring is 1. The van der Waals surface area contributed by atoms with Crippen molar-refractivity contribution in [3.05, 3.63) is 47.8 Å². The van der Waals surface area contributed by atoms with Gasteiger partial charge in [0.25, 0.3) is 0 Å². The van der Waals surface area contributed by atoms with E-state index in [4.69, 9.17) is 5.73 Å². The van der Waals surface area contributed by atoms with Crippen LogP contribution in [0.15, 0.2) is 36.7 Å². The highest BCUT2D eigenvalue weighted by Crippen LogP contribution is 2.26. The van der Waals surface area contributed by atoms with Gasteiger partial charge in [0, 0.05) is 23.6 Å². The van der Waals surface area contributed by atoms with Crippen molar-refractivity contribution in [2.75, 3.05) is 5.73 Å². The third-order valence-electron chi connectivity index (χ3n) is 2.82. The van der Waals surface area contributed by atoms with Gasteiger partial charge in [-0.15, -0.1) is 0 Å². The molecule has 0 fully saturated rings. The van der Waals surface area contributed by atoms with E-state index in [1.165, 1.54) is 0 Å². The minimum absolute atomic E-state index is 0.552. The summed E-state index contributed by atoms with van der Waals surface area (Å²) in [5.74, 6) is 0. The minimum atomic E-state index is 0.552. The Balaban J connectivity index is 2.60. The summed E-state index contributed by atoms with van der Waals surface area (Å²) >= 11 is 0. The van der Waals surface area contributed by atoms with E-state index in [0.717, 1.165) is 29.4 Å². The largest absolute Gasteiger partial charge is 0.398 e. The molecule has 17 heavy (non-hydrogen) atoms. The first-order valence-electron chi connectivity index (χ1n) is 5.54. The molecule has 0 aliphatic rings. The Bertz CT molecular complexity index is 535. The molecule has 0 saturated carbocycles. The van der Waals surface area contributed by atoms with Crippen LogP contribution in [-0.2, 0) is 6.42 Å². The van der Waals surface area contributed by atoms with E-state index in [1.807, 2.05) is 31.2 Å². The number of carbonyl (C=O) groups excluding carboxylic acids is 1. The van der Waals surface area contributed by atoms with Crippen molar-refractivity contribution in [3.63, 3.8) is 0 Å². The molecule has 2 aromatic rings. The zero-order valence-corrected chi connectivity index (χ0v) is 9.68. The lowest BCUT2D eigenvalue weighted by molar-refractivity contribution is 0.112. The number of nitrogens with zero attached hydrogens (tertiary/aromatic N) is 1. The van der Waals surface area contributed by atoms with Crippen molar-refractivity contribution in [2.24, 2.45) is 0 Å². The quantitative estimate of drug-likeness (QED) is 0.646. The molecular weight excluding hydrogens is 212 g/mol. The van der Waals surface area contributed by atoms with Gasteiger partial charge in [0.2, 0.25) is 0 Å². The second-order valence-electron chi connectivity index (χ2n) is 3.85. The van der Waals surface area contributed by atoms with Crippen LogP contribution in [0.2, 0.25) is 0 Å². The Morgan fingerprint density at radius 3 is 2.53 bits per heavy atom. The van der Waals surface area contributed by atoms with Gasteiger partial charge in [-0.25, -0.2) is 0 Å². The average Bonchev–Trinajstić information content (AvgIpc) is 2.40. The van der Waals surface area contributed by atoms with E-state index in [2.05, 4.69) is 4.98 Å². The lowest BCUT2D eigenvalue weighted by Crippen LogP contribution is -1.99. The number of benzene rings is 1. The number of rotatable bonds is 3. The molecule has 1 aromatic carbocycles. The van der Waals surface area contributed by atoms with Crippen molar-refractivity contribution < 1.29 is 4.79 Å². The monoisotopic (exact) mass is 226 g/mol. The molecule has 2 N–H and O–H groups in total. The molecule has 0 unspecified atom stereocenters. The fraction of sp³-hybridized carbons (Fsp3) is 0.143. The molecule has 1 heterocycles. The van der Waals surface area contributed by atoms with E-state index in [9.17, 15) is 4.79 Å². The number of nitrogens with two attached hydrogens (primary N) is 1. The van der Waals surface area contributed by atoms with E-state index in [1.54, 1.807) is 12.4 Å². The van der Waals surface area contributed by atoms with Gasteiger partial charge in [-0.2, -0.15) is 0 Å². The Morgan fingerprint density at radius 1 is 1.24 bits per heavy atom. The standard InChI is InChI=1S/C14H14N2O/c1-2-10-7-12(8-13(9-17)14(10)15)11-3-5-16-6-4-11/h3-9H,2,15H2,1H3. The molecule has 0 spiro atoms. The third-order valence-corrected chi connectivity index (χ3v) is 2.82. The van der Waals surface area contributed by atoms with Gasteiger partial charge in [-0.1, -0.05) is 6.92 Å². The summed E-state index contributed by atoms with van der Waals surface area (Å²) in [5, 5.41) is 0. The maximum Gasteiger partial charge on any atom is 0.152 e. The molecular formula is C14H14N2O. The maximum atomic E-state index is 11.0. The Labute approximate surface area is 100 Å². The summed E-state index contributed by atoms with van der Waals surface area (Å²) in [7, 11) is 0. The minimum Gasteiger partial charge on any atom is -0.398 e. The number of hydrogen-bond donors (Lipinski definition) is 1. The summed E-state index contributed by atoms with van der Waals surface area (Å²) in [6.45, 7) is 2.02. The summed E-state index contributed by atoms with van der Waals surface area (Å²) in [6, 6.07) is 7.67. The van der Waals surface area contributed by atoms with Crippen LogP contribution in [0.1, 0.15) is 22.8 Å². The van der Waals surface area contributed by atoms with Crippen molar-refractivity contribution in [1.29, 1.82) is 0 Å². The molecule has 0 aliphatic heterocycles. The Kier molecular flexibility index (Phi) is 3.19. The lowest BCUT2D eigenvalue weighted by atomic mass is 9.98. The first-order chi connectivity index (χ1) is 8.26. The van der Waals surface area contributed by atoms with Crippen LogP contribution in [0.4, 0.5) is 5.69 Å². The first kappa shape index (κ1) is 11.3. The number of aryl methyl sites for hydroxylation is 1. The number of carbonyl (C=O) groups is 1. The molecule has 0 saturated heterocycles. The molecule has 0 amide bonds. The topological polar surface area (TPSA) is 56.0 Å². The van der Waals surface area contributed by atoms with Crippen LogP contribution in [0, 0.1) is 0 Å². The molecule has 0 atom stereocenters. The summed E-state index contributed by atoms with van der Waals surface area (Å²) < 4.78 is 0. The SMILES string of the molecule is CCc1cc(-c2ccncc2)cc(C=O)c1N. The Hall–Kier alpha value is -2.16. The predicted octanol–water partition coefficient (Wildman–Crippen LogP) is 2.71. The van der Waals surface area contributed by atoms with Crippen LogP contribution in [0.25, 0.3) is 11.1 Å². The van der Waals surface area contributed by atoms with Gasteiger partial charge >= 0.3 is 0 Å². The fourth-order valence-corrected chi connectivity index (χ4v) is 1.84. The molecule has 3 heteroatoms. The second kappa shape index (κ2) is 4.78. The smallest absolute Gasteiger partial charge is 0.152 e. The van der Waals surface area contributed by atoms with Crippen molar-refractivity contribution >= 4 is 12.0 Å². The molecule has 0 bridgehead atoms. The molecule has 0 aliphatic carbocycles. The average molecular weight is 226 g/mol. The highest BCUT2D eigenvalue weighted by molar-refractivity contribution is 5.88. The van der Waals surface area contributed by atoms with Gasteiger partial charge in [-0.05, 0) is 47.4 Å². The van der Waals surface area contributed by atoms with Crippen LogP contribution >= 0.6 is 0 Å². The lowest BCUT2D eigenvalue weighted by Gasteiger charge is -2.09. The fourth-order valence-electron chi connectivity index (χ4n) is 1.84. The van der Waals surface area contributed by atoms with Crippen LogP contribution in [0.3, 0.4) is 0 Å². The molecule has 2 rings (SSSR count). The van der Waals surface area contributed by atoms with Crippen molar-refractivity contribution in [3.8, 4) is 11.1 Å². The number of hydrogen-bond acceptors (Lipinski definition) is 3. The molecule has 0 radical (unpaired) electrons. The van der Waals surface area contributed by atoms with E-state index >= 15 is 0 Å². The van der Waals surface area contributed by atoms with Crippen LogP contribution in [0.5, 0.6) is 0 Å². The highest BCUT2D eigenvalue weighted by atomic mass is 16.1. The summed E-state index contributed by atoms with van der Waals surface area (Å²) in [6.07, 6.45) is 5.08. The normalized spacial score (nSPS) is 10.2. The van der Waals surface area contributed by atoms with Gasteiger partial charge in [0.15, 0.2) is 6.29 Å². The zero-order chi connectivity index (χ0) is 12.3. The van der Waals surface area contributed by atoms with Crippen molar-refractivity contribution in [2.45, 2.75) is 13.3 Å². The number of aromatic nitrogens is 1. The van der Waals surface area contributed by atoms with E-state index in [0.29, 0.717) is 11.3 Å². The van der Waals surface area contributed by atoms with Gasteiger partial charge < -0.3 is 5.73 Å². The van der Waals surface area contributed by atoms with Crippen LogP contribution < -0.4 is 5.73 Å². The molecule has 86 valence electrons. The first-order valence-corrected chi connectivity index (χ1v) is 5.54. The van der Waals surface area contributed by atoms with E-state index in [-0.39, 0.29) is 0 Å².